The van der Waals surface area contributed by atoms with E-state index < -0.39 is 0 Å². The van der Waals surface area contributed by atoms with Crippen molar-refractivity contribution in [3.63, 3.8) is 0 Å². The smallest absolute Gasteiger partial charge is 0.258 e. The third-order valence-electron chi connectivity index (χ3n) is 5.16. The molecule has 6 nitrogen and oxygen atoms in total. The molecule has 2 aromatic carbocycles. The fourth-order valence-electron chi connectivity index (χ4n) is 3.81. The number of benzene rings is 2. The molecule has 2 N–H and O–H groups in total. The van der Waals surface area contributed by atoms with Crippen LogP contribution in [0.25, 0.3) is 22.0 Å². The van der Waals surface area contributed by atoms with E-state index in [1.807, 2.05) is 41.3 Å². The molecule has 6 heteroatoms. The van der Waals surface area contributed by atoms with Crippen molar-refractivity contribution in [1.29, 1.82) is 0 Å². The molecule has 0 bridgehead atoms. The molecule has 0 saturated heterocycles. The van der Waals surface area contributed by atoms with Gasteiger partial charge in [-0.3, -0.25) is 4.79 Å². The Morgan fingerprint density at radius 1 is 1.14 bits per heavy atom. The summed E-state index contributed by atoms with van der Waals surface area (Å²) in [4.78, 5) is 19.4. The SMILES string of the molecule is CCCN1Cc2nc3c(-c4ccc(OC)c(OC)c4)cccc3c(N)c2C1=O. The number of ether oxygens (including phenoxy) is 2. The normalized spacial score (nSPS) is 13.1. The average molecular weight is 377 g/mol. The molecule has 0 saturated carbocycles. The molecule has 0 unspecified atom stereocenters. The maximum atomic E-state index is 12.7. The highest BCUT2D eigenvalue weighted by molar-refractivity contribution is 6.11. The third-order valence-corrected chi connectivity index (χ3v) is 5.16. The van der Waals surface area contributed by atoms with Crippen LogP contribution in [0.3, 0.4) is 0 Å². The van der Waals surface area contributed by atoms with Crippen molar-refractivity contribution in [3.05, 3.63) is 47.7 Å². The Bertz CT molecular complexity index is 1080. The summed E-state index contributed by atoms with van der Waals surface area (Å²) in [5.41, 5.74) is 10.9. The number of pyridine rings is 1. The van der Waals surface area contributed by atoms with Gasteiger partial charge < -0.3 is 20.1 Å². The average Bonchev–Trinajstić information content (AvgIpc) is 3.03. The van der Waals surface area contributed by atoms with Crippen molar-refractivity contribution >= 4 is 22.5 Å². The van der Waals surface area contributed by atoms with Crippen LogP contribution in [0.15, 0.2) is 36.4 Å². The number of carbonyl (C=O) groups is 1. The van der Waals surface area contributed by atoms with Gasteiger partial charge in [0.05, 0.1) is 43.2 Å². The van der Waals surface area contributed by atoms with E-state index in [1.165, 1.54) is 0 Å². The van der Waals surface area contributed by atoms with Crippen molar-refractivity contribution in [2.45, 2.75) is 19.9 Å². The van der Waals surface area contributed by atoms with Crippen molar-refractivity contribution in [1.82, 2.24) is 9.88 Å². The first-order valence-corrected chi connectivity index (χ1v) is 9.31. The van der Waals surface area contributed by atoms with Crippen LogP contribution >= 0.6 is 0 Å². The molecule has 1 aromatic heterocycles. The largest absolute Gasteiger partial charge is 0.493 e. The van der Waals surface area contributed by atoms with Gasteiger partial charge in [0.2, 0.25) is 0 Å². The number of methoxy groups -OCH3 is 2. The van der Waals surface area contributed by atoms with Gasteiger partial charge in [-0.1, -0.05) is 31.2 Å². The van der Waals surface area contributed by atoms with Gasteiger partial charge in [0.15, 0.2) is 11.5 Å². The summed E-state index contributed by atoms with van der Waals surface area (Å²) in [6.07, 6.45) is 0.899. The highest BCUT2D eigenvalue weighted by atomic mass is 16.5. The zero-order valence-corrected chi connectivity index (χ0v) is 16.3. The number of nitrogen functional groups attached to an aromatic ring is 1. The predicted molar refractivity (Wildman–Crippen MR) is 110 cm³/mol. The van der Waals surface area contributed by atoms with Crippen LogP contribution in [0.2, 0.25) is 0 Å². The molecular weight excluding hydrogens is 354 g/mol. The first-order chi connectivity index (χ1) is 13.6. The molecule has 1 aliphatic rings. The second-order valence-electron chi connectivity index (χ2n) is 6.85. The van der Waals surface area contributed by atoms with E-state index in [0.29, 0.717) is 35.8 Å². The number of amides is 1. The lowest BCUT2D eigenvalue weighted by Crippen LogP contribution is -2.24. The molecule has 0 fully saturated rings. The van der Waals surface area contributed by atoms with Gasteiger partial charge in [0.1, 0.15) is 0 Å². The van der Waals surface area contributed by atoms with E-state index in [-0.39, 0.29) is 5.91 Å². The van der Waals surface area contributed by atoms with Crippen LogP contribution in [-0.2, 0) is 6.54 Å². The zero-order valence-electron chi connectivity index (χ0n) is 16.3. The molecule has 2 heterocycles. The highest BCUT2D eigenvalue weighted by Crippen LogP contribution is 2.38. The lowest BCUT2D eigenvalue weighted by molar-refractivity contribution is 0.0779. The fourth-order valence-corrected chi connectivity index (χ4v) is 3.81. The number of carbonyl (C=O) groups excluding carboxylic acids is 1. The topological polar surface area (TPSA) is 77.7 Å². The second-order valence-corrected chi connectivity index (χ2v) is 6.85. The summed E-state index contributed by atoms with van der Waals surface area (Å²) in [5.74, 6) is 1.29. The minimum absolute atomic E-state index is 0.0275. The van der Waals surface area contributed by atoms with Crippen LogP contribution in [0, 0.1) is 0 Å². The number of fused-ring (bicyclic) bond motifs is 2. The maximum absolute atomic E-state index is 12.7. The highest BCUT2D eigenvalue weighted by Gasteiger charge is 2.31. The predicted octanol–water partition coefficient (Wildman–Crippen LogP) is 3.87. The first-order valence-electron chi connectivity index (χ1n) is 9.31. The summed E-state index contributed by atoms with van der Waals surface area (Å²) in [7, 11) is 3.22. The monoisotopic (exact) mass is 377 g/mol. The number of para-hydroxylation sites is 1. The summed E-state index contributed by atoms with van der Waals surface area (Å²) in [6.45, 7) is 3.26. The molecule has 1 amide bonds. The van der Waals surface area contributed by atoms with Crippen molar-refractivity contribution in [2.24, 2.45) is 0 Å². The van der Waals surface area contributed by atoms with Gasteiger partial charge in [-0.15, -0.1) is 0 Å². The Morgan fingerprint density at radius 3 is 2.64 bits per heavy atom. The number of anilines is 1. The van der Waals surface area contributed by atoms with Gasteiger partial charge in [0.25, 0.3) is 5.91 Å². The van der Waals surface area contributed by atoms with Gasteiger partial charge >= 0.3 is 0 Å². The maximum Gasteiger partial charge on any atom is 0.258 e. The number of hydrogen-bond acceptors (Lipinski definition) is 5. The van der Waals surface area contributed by atoms with Crippen molar-refractivity contribution in [3.8, 4) is 22.6 Å². The lowest BCUT2D eigenvalue weighted by Gasteiger charge is -2.13. The van der Waals surface area contributed by atoms with Gasteiger partial charge in [0, 0.05) is 17.5 Å². The molecule has 0 atom stereocenters. The fraction of sp³-hybridized carbons (Fsp3) is 0.273. The molecule has 4 rings (SSSR count). The molecule has 144 valence electrons. The minimum Gasteiger partial charge on any atom is -0.493 e. The van der Waals surface area contributed by atoms with E-state index in [4.69, 9.17) is 20.2 Å². The molecule has 0 radical (unpaired) electrons. The first kappa shape index (κ1) is 18.1. The van der Waals surface area contributed by atoms with E-state index in [0.717, 1.165) is 34.1 Å². The molecule has 0 spiro atoms. The van der Waals surface area contributed by atoms with Crippen LogP contribution in [0.1, 0.15) is 29.4 Å². The summed E-state index contributed by atoms with van der Waals surface area (Å²) < 4.78 is 10.8. The number of nitrogens with zero attached hydrogens (tertiary/aromatic N) is 2. The third kappa shape index (κ3) is 2.72. The van der Waals surface area contributed by atoms with Crippen molar-refractivity contribution < 1.29 is 14.3 Å². The number of hydrogen-bond donors (Lipinski definition) is 1. The Hall–Kier alpha value is -3.28. The van der Waals surface area contributed by atoms with Gasteiger partial charge in [-0.05, 0) is 24.1 Å². The van der Waals surface area contributed by atoms with Crippen LogP contribution in [0.5, 0.6) is 11.5 Å². The van der Waals surface area contributed by atoms with Gasteiger partial charge in [-0.25, -0.2) is 4.98 Å². The molecule has 28 heavy (non-hydrogen) atoms. The quantitative estimate of drug-likeness (QED) is 0.730. The van der Waals surface area contributed by atoms with E-state index in [9.17, 15) is 4.79 Å². The summed E-state index contributed by atoms with van der Waals surface area (Å²) in [5, 5.41) is 0.790. The Morgan fingerprint density at radius 2 is 1.93 bits per heavy atom. The van der Waals surface area contributed by atoms with E-state index >= 15 is 0 Å². The molecular formula is C22H23N3O3. The van der Waals surface area contributed by atoms with Crippen LogP contribution in [0.4, 0.5) is 5.69 Å². The van der Waals surface area contributed by atoms with Gasteiger partial charge in [-0.2, -0.15) is 0 Å². The van der Waals surface area contributed by atoms with E-state index in [2.05, 4.69) is 6.92 Å². The number of aromatic nitrogens is 1. The summed E-state index contributed by atoms with van der Waals surface area (Å²) in [6, 6.07) is 11.6. The Kier molecular flexibility index (Phi) is 4.55. The molecule has 0 aliphatic carbocycles. The van der Waals surface area contributed by atoms with Crippen LogP contribution < -0.4 is 15.2 Å². The van der Waals surface area contributed by atoms with Crippen molar-refractivity contribution in [2.75, 3.05) is 26.5 Å². The molecule has 3 aromatic rings. The second kappa shape index (κ2) is 7.03. The lowest BCUT2D eigenvalue weighted by atomic mass is 9.99. The Labute approximate surface area is 163 Å². The Balaban J connectivity index is 1.90. The number of nitrogens with two attached hydrogens (primary N) is 1. The summed E-state index contributed by atoms with van der Waals surface area (Å²) >= 11 is 0. The van der Waals surface area contributed by atoms with E-state index in [1.54, 1.807) is 14.2 Å². The standard InChI is InChI=1S/C22H23N3O3/c1-4-10-25-12-16-19(22(25)26)20(23)15-7-5-6-14(21(15)24-16)13-8-9-17(27-2)18(11-13)28-3/h5-9,11H,4,10,12H2,1-3H3,(H2,23,24). The zero-order chi connectivity index (χ0) is 19.8. The number of rotatable bonds is 5. The minimum atomic E-state index is -0.0275. The van der Waals surface area contributed by atoms with Crippen LogP contribution in [-0.4, -0.2) is 36.6 Å². The molecule has 1 aliphatic heterocycles.